The molecular formula is C53H81N9O2. The molecule has 2 aromatic heterocycles. The second-order valence-corrected chi connectivity index (χ2v) is 18.6. The second-order valence-electron chi connectivity index (χ2n) is 18.6. The van der Waals surface area contributed by atoms with Crippen molar-refractivity contribution in [3.8, 4) is 11.3 Å². The molecule has 1 aromatic carbocycles. The summed E-state index contributed by atoms with van der Waals surface area (Å²) in [5.41, 5.74) is 16.5. The van der Waals surface area contributed by atoms with Crippen LogP contribution in [0.15, 0.2) is 98.0 Å². The van der Waals surface area contributed by atoms with Gasteiger partial charge in [-0.25, -0.2) is 5.43 Å². The van der Waals surface area contributed by atoms with Gasteiger partial charge in [0.05, 0.1) is 29.2 Å². The van der Waals surface area contributed by atoms with Crippen LogP contribution in [-0.4, -0.2) is 89.6 Å². The first kappa shape index (κ1) is 51.8. The number of methoxy groups -OCH3 is 1. The van der Waals surface area contributed by atoms with Crippen LogP contribution in [-0.2, 0) is 22.5 Å². The molecule has 3 atom stereocenters. The number of fused-ring (bicyclic) bond motifs is 1. The van der Waals surface area contributed by atoms with Crippen LogP contribution in [0, 0.1) is 11.3 Å². The molecule has 1 aliphatic rings. The highest BCUT2D eigenvalue weighted by molar-refractivity contribution is 5.96. The molecule has 3 unspecified atom stereocenters. The van der Waals surface area contributed by atoms with Crippen molar-refractivity contribution in [1.29, 1.82) is 0 Å². The molecule has 11 heteroatoms. The summed E-state index contributed by atoms with van der Waals surface area (Å²) in [5.74, 6) is 0.184. The largest absolute Gasteiger partial charge is 0.390 e. The van der Waals surface area contributed by atoms with Crippen molar-refractivity contribution in [3.63, 3.8) is 0 Å². The van der Waals surface area contributed by atoms with Crippen LogP contribution in [0.1, 0.15) is 117 Å². The highest BCUT2D eigenvalue weighted by Gasteiger charge is 2.35. The predicted molar refractivity (Wildman–Crippen MR) is 271 cm³/mol. The number of rotatable bonds is 26. The molecular weight excluding hydrogens is 795 g/mol. The number of aromatic nitrogens is 2. The summed E-state index contributed by atoms with van der Waals surface area (Å²) in [6.45, 7) is 38.0. The van der Waals surface area contributed by atoms with Crippen molar-refractivity contribution < 1.29 is 9.53 Å². The average Bonchev–Trinajstić information content (AvgIpc) is 3.38. The minimum absolute atomic E-state index is 0.0145. The standard InChI is InChI=1S/C53H81N9O2/c1-15-20-27-52(11,12)37-45-44-35-42(25-26-47(44)62(19-5)51(45)43-24-23-29-55-49(43)41(10)64-14)46(16-2)57-39(8)36-53(28-21-22-30-56-59-53)58-40(9)50(38(6)7)60(13)33-34-61(48(63)17-3)32-31-54-18-4/h15-18,23-26,29,35,38,41,50,54,56,58-59H,1,3-4,9,19-22,27-28,30-34,36-37H2,2,5-8,10-14H3/b46-16-,57-39?. The third kappa shape index (κ3) is 13.4. The zero-order valence-electron chi connectivity index (χ0n) is 41.1. The molecule has 1 saturated heterocycles. The van der Waals surface area contributed by atoms with Crippen molar-refractivity contribution >= 4 is 28.2 Å². The lowest BCUT2D eigenvalue weighted by Gasteiger charge is -2.41. The van der Waals surface area contributed by atoms with Crippen LogP contribution >= 0.6 is 0 Å². The lowest BCUT2D eigenvalue weighted by atomic mass is 9.80. The number of hydrogen-bond donors (Lipinski definition) is 4. The van der Waals surface area contributed by atoms with Crippen LogP contribution in [0.4, 0.5) is 0 Å². The molecule has 1 fully saturated rings. The van der Waals surface area contributed by atoms with Crippen LogP contribution in [0.2, 0.25) is 0 Å². The Kier molecular flexibility index (Phi) is 19.8. The molecule has 350 valence electrons. The van der Waals surface area contributed by atoms with Gasteiger partial charge >= 0.3 is 0 Å². The van der Waals surface area contributed by atoms with Crippen molar-refractivity contribution in [3.05, 3.63) is 110 Å². The van der Waals surface area contributed by atoms with Gasteiger partial charge in [-0.05, 0) is 127 Å². The molecule has 0 aliphatic carbocycles. The lowest BCUT2D eigenvalue weighted by Crippen LogP contribution is -2.62. The fraction of sp³-hybridized carbons (Fsp3) is 0.528. The molecule has 0 spiro atoms. The zero-order chi connectivity index (χ0) is 47.0. The van der Waals surface area contributed by atoms with E-state index in [2.05, 4.69) is 150 Å². The van der Waals surface area contributed by atoms with Gasteiger partial charge in [-0.2, -0.15) is 0 Å². The van der Waals surface area contributed by atoms with Crippen LogP contribution in [0.5, 0.6) is 0 Å². The smallest absolute Gasteiger partial charge is 0.246 e. The van der Waals surface area contributed by atoms with Gasteiger partial charge < -0.3 is 24.8 Å². The fourth-order valence-electron chi connectivity index (χ4n) is 9.43. The number of likely N-dealkylation sites (N-methyl/N-ethyl adjacent to an activating group) is 1. The molecule has 3 aromatic rings. The Morgan fingerprint density at radius 3 is 2.56 bits per heavy atom. The van der Waals surface area contributed by atoms with E-state index in [4.69, 9.17) is 14.7 Å². The van der Waals surface area contributed by atoms with Gasteiger partial charge in [0.1, 0.15) is 5.66 Å². The molecule has 1 aliphatic heterocycles. The molecule has 4 N–H and O–H groups in total. The van der Waals surface area contributed by atoms with Gasteiger partial charge in [-0.15, -0.1) is 6.58 Å². The maximum atomic E-state index is 12.7. The van der Waals surface area contributed by atoms with E-state index in [0.717, 1.165) is 85.5 Å². The highest BCUT2D eigenvalue weighted by atomic mass is 16.5. The average molecular weight is 876 g/mol. The van der Waals surface area contributed by atoms with E-state index in [1.54, 1.807) is 13.3 Å². The Hall–Kier alpha value is -4.81. The summed E-state index contributed by atoms with van der Waals surface area (Å²) in [5, 5.41) is 8.27. The van der Waals surface area contributed by atoms with E-state index in [-0.39, 0.29) is 29.4 Å². The topological polar surface area (TPSA) is 111 Å². The number of benzene rings is 1. The van der Waals surface area contributed by atoms with E-state index in [1.807, 2.05) is 23.2 Å². The number of allylic oxidation sites excluding steroid dienone is 2. The maximum Gasteiger partial charge on any atom is 0.246 e. The monoisotopic (exact) mass is 876 g/mol. The molecule has 4 rings (SSSR count). The molecule has 0 radical (unpaired) electrons. The Labute approximate surface area is 386 Å². The highest BCUT2D eigenvalue weighted by Crippen LogP contribution is 2.42. The number of aryl methyl sites for hydroxylation is 1. The van der Waals surface area contributed by atoms with Gasteiger partial charge in [0.2, 0.25) is 5.91 Å². The minimum Gasteiger partial charge on any atom is -0.390 e. The minimum atomic E-state index is -0.517. The number of pyridine rings is 1. The number of aliphatic imine (C=N–C) groups is 1. The number of hydrogen-bond acceptors (Lipinski definition) is 9. The van der Waals surface area contributed by atoms with Crippen LogP contribution in [0.25, 0.3) is 27.9 Å². The summed E-state index contributed by atoms with van der Waals surface area (Å²) >= 11 is 0. The Morgan fingerprint density at radius 1 is 1.14 bits per heavy atom. The number of carbonyl (C=O) groups excluding carboxylic acids is 1. The lowest BCUT2D eigenvalue weighted by molar-refractivity contribution is -0.126. The van der Waals surface area contributed by atoms with Crippen molar-refractivity contribution in [1.82, 2.24) is 40.8 Å². The molecule has 11 nitrogen and oxygen atoms in total. The van der Waals surface area contributed by atoms with Crippen LogP contribution < -0.4 is 21.5 Å². The van der Waals surface area contributed by atoms with Gasteiger partial charge in [-0.3, -0.25) is 25.1 Å². The predicted octanol–water partition coefficient (Wildman–Crippen LogP) is 9.96. The fourth-order valence-corrected chi connectivity index (χ4v) is 9.43. The molecule has 64 heavy (non-hydrogen) atoms. The van der Waals surface area contributed by atoms with E-state index in [9.17, 15) is 4.79 Å². The normalized spacial score (nSPS) is 17.2. The van der Waals surface area contributed by atoms with Gasteiger partial charge in [0, 0.05) is 92.4 Å². The van der Waals surface area contributed by atoms with Gasteiger partial charge in [-0.1, -0.05) is 65.7 Å². The Morgan fingerprint density at radius 2 is 1.91 bits per heavy atom. The van der Waals surface area contributed by atoms with E-state index >= 15 is 0 Å². The summed E-state index contributed by atoms with van der Waals surface area (Å²) < 4.78 is 8.32. The number of ether oxygens (including phenoxy) is 1. The first-order chi connectivity index (χ1) is 30.6. The molecule has 0 bridgehead atoms. The second kappa shape index (κ2) is 24.5. The number of hydrazine groups is 1. The third-order valence-corrected chi connectivity index (χ3v) is 12.7. The number of carbonyl (C=O) groups is 1. The van der Waals surface area contributed by atoms with E-state index in [1.165, 1.54) is 28.2 Å². The Bertz CT molecular complexity index is 2100. The Balaban J connectivity index is 1.72. The third-order valence-electron chi connectivity index (χ3n) is 12.7. The summed E-state index contributed by atoms with van der Waals surface area (Å²) in [6.07, 6.45) is 15.5. The zero-order valence-corrected chi connectivity index (χ0v) is 41.1. The van der Waals surface area contributed by atoms with Crippen molar-refractivity contribution in [2.75, 3.05) is 46.9 Å². The van der Waals surface area contributed by atoms with Gasteiger partial charge in [0.25, 0.3) is 0 Å². The molecule has 0 saturated carbocycles. The molecule has 3 heterocycles. The number of nitrogens with zero attached hydrogens (tertiary/aromatic N) is 5. The van der Waals surface area contributed by atoms with Crippen LogP contribution in [0.3, 0.4) is 0 Å². The number of nitrogens with one attached hydrogen (secondary N) is 4. The first-order valence-electron chi connectivity index (χ1n) is 23.5. The molecule has 1 amide bonds. The van der Waals surface area contributed by atoms with Crippen molar-refractivity contribution in [2.45, 2.75) is 125 Å². The van der Waals surface area contributed by atoms with Gasteiger partial charge in [0.15, 0.2) is 0 Å². The van der Waals surface area contributed by atoms with E-state index < -0.39 is 5.66 Å². The SMILES string of the molecule is C=CCCC(C)(C)Cc1c(-c2cccnc2C(C)OC)n(CC)c2ccc(/C(=C/C)N=C(C)CC3(NC(=C)C(C(C)C)N(C)CCN(CCNC=C)C(=O)C=C)CCCCNN3)cc12. The maximum absolute atomic E-state index is 12.7. The summed E-state index contributed by atoms with van der Waals surface area (Å²) in [6, 6.07) is 11.1. The van der Waals surface area contributed by atoms with Crippen molar-refractivity contribution in [2.24, 2.45) is 16.3 Å². The van der Waals surface area contributed by atoms with E-state index in [0.29, 0.717) is 32.6 Å². The number of amides is 1. The summed E-state index contributed by atoms with van der Waals surface area (Å²) in [4.78, 5) is 27.1. The first-order valence-corrected chi connectivity index (χ1v) is 23.5. The summed E-state index contributed by atoms with van der Waals surface area (Å²) in [7, 11) is 3.87. The quantitative estimate of drug-likeness (QED) is 0.0273.